The minimum atomic E-state index is -0.667. The van der Waals surface area contributed by atoms with Crippen LogP contribution >= 0.6 is 0 Å². The van der Waals surface area contributed by atoms with E-state index in [1.165, 1.54) is 12.1 Å². The van der Waals surface area contributed by atoms with Crippen LogP contribution in [0, 0.1) is 17.7 Å². The summed E-state index contributed by atoms with van der Waals surface area (Å²) < 4.78 is 19.0. The van der Waals surface area contributed by atoms with Crippen LogP contribution < -0.4 is 10.3 Å². The van der Waals surface area contributed by atoms with Gasteiger partial charge in [-0.2, -0.15) is 0 Å². The SMILES string of the molecule is O=C(c1nc2ccccc2c(=O)[nH]1)N1C[C@H]2C[C@@H](Oc3ccc(F)cc3)[C@H](O)C[C@H]2C1. The highest BCUT2D eigenvalue weighted by molar-refractivity contribution is 5.92. The molecule has 0 radical (unpaired) electrons. The van der Waals surface area contributed by atoms with Crippen LogP contribution in [-0.2, 0) is 0 Å². The quantitative estimate of drug-likeness (QED) is 0.674. The van der Waals surface area contributed by atoms with Crippen molar-refractivity contribution in [3.63, 3.8) is 0 Å². The molecular formula is C23H22FN3O4. The van der Waals surface area contributed by atoms with Gasteiger partial charge in [0.05, 0.1) is 17.0 Å². The zero-order chi connectivity index (χ0) is 21.5. The lowest BCUT2D eigenvalue weighted by atomic mass is 9.78. The summed E-state index contributed by atoms with van der Waals surface area (Å²) in [7, 11) is 0. The van der Waals surface area contributed by atoms with Crippen molar-refractivity contribution in [2.75, 3.05) is 13.1 Å². The van der Waals surface area contributed by atoms with Crippen molar-refractivity contribution in [2.45, 2.75) is 25.0 Å². The molecule has 2 N–H and O–H groups in total. The van der Waals surface area contributed by atoms with Crippen LogP contribution in [0.5, 0.6) is 5.75 Å². The topological polar surface area (TPSA) is 95.5 Å². The third-order valence-corrected chi connectivity index (χ3v) is 6.29. The normalized spacial score (nSPS) is 25.4. The van der Waals surface area contributed by atoms with Gasteiger partial charge in [-0.1, -0.05) is 12.1 Å². The molecule has 3 aromatic rings. The molecule has 1 aliphatic heterocycles. The zero-order valence-corrected chi connectivity index (χ0v) is 16.7. The number of H-pyrrole nitrogens is 1. The second-order valence-electron chi connectivity index (χ2n) is 8.31. The van der Waals surface area contributed by atoms with Crippen molar-refractivity contribution in [2.24, 2.45) is 11.8 Å². The van der Waals surface area contributed by atoms with Crippen LogP contribution in [0.1, 0.15) is 23.5 Å². The number of carbonyl (C=O) groups excluding carboxylic acids is 1. The molecule has 1 saturated carbocycles. The Morgan fingerprint density at radius 3 is 2.58 bits per heavy atom. The first kappa shape index (κ1) is 19.7. The molecule has 2 fully saturated rings. The number of rotatable bonds is 3. The Hall–Kier alpha value is -3.26. The molecule has 2 heterocycles. The Bertz CT molecular complexity index is 1180. The number of likely N-dealkylation sites (tertiary alicyclic amines) is 1. The minimum absolute atomic E-state index is 0.0296. The van der Waals surface area contributed by atoms with Crippen LogP contribution in [0.15, 0.2) is 53.3 Å². The maximum Gasteiger partial charge on any atom is 0.289 e. The van der Waals surface area contributed by atoms with Gasteiger partial charge in [0.25, 0.3) is 11.5 Å². The van der Waals surface area contributed by atoms with Crippen molar-refractivity contribution in [1.82, 2.24) is 14.9 Å². The van der Waals surface area contributed by atoms with Gasteiger partial charge in [0.15, 0.2) is 5.82 Å². The van der Waals surface area contributed by atoms with E-state index in [4.69, 9.17) is 4.74 Å². The lowest BCUT2D eigenvalue weighted by molar-refractivity contribution is -0.0231. The number of aliphatic hydroxyl groups is 1. The number of ether oxygens (including phenoxy) is 1. The number of amides is 1. The number of halogens is 1. The molecule has 2 aliphatic rings. The summed E-state index contributed by atoms with van der Waals surface area (Å²) in [6.07, 6.45) is 0.0247. The molecule has 0 unspecified atom stereocenters. The number of hydrogen-bond donors (Lipinski definition) is 2. The van der Waals surface area contributed by atoms with E-state index >= 15 is 0 Å². The number of para-hydroxylation sites is 1. The molecule has 1 saturated heterocycles. The molecule has 2 aromatic carbocycles. The van der Waals surface area contributed by atoms with Gasteiger partial charge in [0.2, 0.25) is 0 Å². The van der Waals surface area contributed by atoms with E-state index in [1.54, 1.807) is 41.3 Å². The van der Waals surface area contributed by atoms with Crippen LogP contribution in [0.25, 0.3) is 10.9 Å². The number of fused-ring (bicyclic) bond motifs is 2. The van der Waals surface area contributed by atoms with Crippen LogP contribution in [-0.4, -0.2) is 51.2 Å². The fraction of sp³-hybridized carbons (Fsp3) is 0.348. The van der Waals surface area contributed by atoms with Crippen molar-refractivity contribution in [1.29, 1.82) is 0 Å². The first-order valence-corrected chi connectivity index (χ1v) is 10.4. The number of aromatic amines is 1. The van der Waals surface area contributed by atoms with E-state index in [-0.39, 0.29) is 34.9 Å². The molecule has 1 amide bonds. The van der Waals surface area contributed by atoms with Gasteiger partial charge in [-0.3, -0.25) is 9.59 Å². The van der Waals surface area contributed by atoms with Gasteiger partial charge in [-0.25, -0.2) is 9.37 Å². The van der Waals surface area contributed by atoms with Gasteiger partial charge in [-0.15, -0.1) is 0 Å². The Kier molecular flexibility index (Phi) is 4.94. The first-order chi connectivity index (χ1) is 15.0. The van der Waals surface area contributed by atoms with E-state index in [0.29, 0.717) is 42.6 Å². The molecule has 1 aliphatic carbocycles. The van der Waals surface area contributed by atoms with Crippen LogP contribution in [0.4, 0.5) is 4.39 Å². The predicted molar refractivity (Wildman–Crippen MR) is 111 cm³/mol. The third kappa shape index (κ3) is 3.79. The molecule has 0 spiro atoms. The average molecular weight is 423 g/mol. The van der Waals surface area contributed by atoms with Gasteiger partial charge >= 0.3 is 0 Å². The van der Waals surface area contributed by atoms with Gasteiger partial charge < -0.3 is 19.7 Å². The Morgan fingerprint density at radius 1 is 1.10 bits per heavy atom. The van der Waals surface area contributed by atoms with Crippen LogP contribution in [0.3, 0.4) is 0 Å². The fourth-order valence-electron chi connectivity index (χ4n) is 4.71. The number of nitrogens with zero attached hydrogens (tertiary/aromatic N) is 2. The summed E-state index contributed by atoms with van der Waals surface area (Å²) in [5, 5.41) is 11.0. The van der Waals surface area contributed by atoms with Crippen molar-refractivity contribution in [3.8, 4) is 5.75 Å². The standard InChI is InChI=1S/C23H22FN3O4/c24-15-5-7-16(8-6-15)31-20-10-14-12-27(11-13(14)9-19(20)28)23(30)21-25-18-4-2-1-3-17(18)22(29)26-21/h1-8,13-14,19-20,28H,9-12H2,(H,25,26,29)/t13-,14+,19+,20+/m0/s1. The second kappa shape index (κ2) is 7.77. The first-order valence-electron chi connectivity index (χ1n) is 10.4. The number of benzene rings is 2. The Labute approximate surface area is 177 Å². The van der Waals surface area contributed by atoms with Gasteiger partial charge in [-0.05, 0) is 61.1 Å². The van der Waals surface area contributed by atoms with Crippen LogP contribution in [0.2, 0.25) is 0 Å². The second-order valence-corrected chi connectivity index (χ2v) is 8.31. The minimum Gasteiger partial charge on any atom is -0.488 e. The molecule has 7 nitrogen and oxygen atoms in total. The van der Waals surface area contributed by atoms with E-state index in [1.807, 2.05) is 0 Å². The summed E-state index contributed by atoms with van der Waals surface area (Å²) in [6, 6.07) is 12.6. The van der Waals surface area contributed by atoms with Gasteiger partial charge in [0, 0.05) is 13.1 Å². The maximum absolute atomic E-state index is 13.1. The summed E-state index contributed by atoms with van der Waals surface area (Å²) >= 11 is 0. The summed E-state index contributed by atoms with van der Waals surface area (Å²) in [6.45, 7) is 1.01. The lowest BCUT2D eigenvalue weighted by Gasteiger charge is -2.35. The molecule has 0 bridgehead atoms. The van der Waals surface area contributed by atoms with E-state index in [0.717, 1.165) is 0 Å². The maximum atomic E-state index is 13.1. The number of carbonyl (C=O) groups is 1. The third-order valence-electron chi connectivity index (χ3n) is 6.29. The fourth-order valence-corrected chi connectivity index (χ4v) is 4.71. The molecule has 4 atom stereocenters. The lowest BCUT2D eigenvalue weighted by Crippen LogP contribution is -2.42. The number of hydrogen-bond acceptors (Lipinski definition) is 5. The summed E-state index contributed by atoms with van der Waals surface area (Å²) in [4.78, 5) is 34.0. The predicted octanol–water partition coefficient (Wildman–Crippen LogP) is 2.35. The van der Waals surface area contributed by atoms with Gasteiger partial charge in [0.1, 0.15) is 17.7 Å². The Balaban J connectivity index is 1.30. The molecule has 160 valence electrons. The number of nitrogens with one attached hydrogen (secondary N) is 1. The zero-order valence-electron chi connectivity index (χ0n) is 16.7. The Morgan fingerprint density at radius 2 is 1.81 bits per heavy atom. The van der Waals surface area contributed by atoms with Crippen molar-refractivity contribution in [3.05, 3.63) is 70.5 Å². The molecule has 31 heavy (non-hydrogen) atoms. The van der Waals surface area contributed by atoms with E-state index < -0.39 is 12.2 Å². The van der Waals surface area contributed by atoms with E-state index in [9.17, 15) is 19.1 Å². The molecular weight excluding hydrogens is 401 g/mol. The summed E-state index contributed by atoms with van der Waals surface area (Å²) in [5.74, 6) is 0.198. The smallest absolute Gasteiger partial charge is 0.289 e. The summed E-state index contributed by atoms with van der Waals surface area (Å²) in [5.41, 5.74) is 0.142. The average Bonchev–Trinajstić information content (AvgIpc) is 3.17. The highest BCUT2D eigenvalue weighted by Crippen LogP contribution is 2.38. The highest BCUT2D eigenvalue weighted by Gasteiger charge is 2.44. The highest BCUT2D eigenvalue weighted by atomic mass is 19.1. The largest absolute Gasteiger partial charge is 0.488 e. The van der Waals surface area contributed by atoms with Crippen molar-refractivity contribution < 1.29 is 19.0 Å². The number of aromatic nitrogens is 2. The molecule has 1 aromatic heterocycles. The van der Waals surface area contributed by atoms with E-state index in [2.05, 4.69) is 9.97 Å². The monoisotopic (exact) mass is 423 g/mol. The molecule has 5 rings (SSSR count). The number of aliphatic hydroxyl groups excluding tert-OH is 1. The molecule has 8 heteroatoms. The van der Waals surface area contributed by atoms with Crippen molar-refractivity contribution >= 4 is 16.8 Å².